The molecule has 2 amide bonds. The number of amides is 2. The van der Waals surface area contributed by atoms with E-state index in [1.54, 1.807) is 6.20 Å². The van der Waals surface area contributed by atoms with Gasteiger partial charge in [-0.25, -0.2) is 9.78 Å². The van der Waals surface area contributed by atoms with E-state index in [1.165, 1.54) is 0 Å². The van der Waals surface area contributed by atoms with E-state index in [2.05, 4.69) is 10.3 Å². The van der Waals surface area contributed by atoms with Crippen molar-refractivity contribution in [3.8, 4) is 5.69 Å². The number of hydrogen-bond acceptors (Lipinski definition) is 3. The smallest absolute Gasteiger partial charge is 0.317 e. The van der Waals surface area contributed by atoms with E-state index in [4.69, 9.17) is 0 Å². The quantitative estimate of drug-likeness (QED) is 0.897. The van der Waals surface area contributed by atoms with Crippen LogP contribution < -0.4 is 5.32 Å². The number of aromatic nitrogens is 2. The van der Waals surface area contributed by atoms with Gasteiger partial charge in [0.25, 0.3) is 0 Å². The van der Waals surface area contributed by atoms with Crippen LogP contribution in [0.2, 0.25) is 0 Å². The number of aliphatic hydroxyl groups excluding tert-OH is 1. The first-order valence-electron chi connectivity index (χ1n) is 8.85. The van der Waals surface area contributed by atoms with Gasteiger partial charge in [0, 0.05) is 37.8 Å². The van der Waals surface area contributed by atoms with Gasteiger partial charge in [0.05, 0.1) is 6.04 Å². The second-order valence-electron chi connectivity index (χ2n) is 6.72. The second-order valence-corrected chi connectivity index (χ2v) is 6.72. The van der Waals surface area contributed by atoms with Gasteiger partial charge in [-0.15, -0.1) is 0 Å². The van der Waals surface area contributed by atoms with Gasteiger partial charge in [0.2, 0.25) is 0 Å². The Morgan fingerprint density at radius 1 is 1.32 bits per heavy atom. The van der Waals surface area contributed by atoms with Crippen molar-refractivity contribution in [2.75, 3.05) is 19.7 Å². The van der Waals surface area contributed by atoms with E-state index in [9.17, 15) is 9.90 Å². The molecule has 6 heteroatoms. The largest absolute Gasteiger partial charge is 0.396 e. The van der Waals surface area contributed by atoms with Crippen molar-refractivity contribution < 1.29 is 9.90 Å². The lowest BCUT2D eigenvalue weighted by Crippen LogP contribution is -2.45. The molecule has 134 valence electrons. The van der Waals surface area contributed by atoms with Crippen LogP contribution in [0.3, 0.4) is 0 Å². The molecule has 25 heavy (non-hydrogen) atoms. The third-order valence-corrected chi connectivity index (χ3v) is 5.00. The molecule has 0 aliphatic carbocycles. The molecule has 1 aliphatic rings. The summed E-state index contributed by atoms with van der Waals surface area (Å²) in [5.41, 5.74) is 2.13. The Labute approximate surface area is 148 Å². The molecule has 1 atom stereocenters. The minimum absolute atomic E-state index is 0.0292. The SMILES string of the molecule is Cc1nccn1-c1ccc([C@@H](C)NC(=O)N2CCC(CO)CC2)cc1. The molecule has 0 saturated carbocycles. The normalized spacial score (nSPS) is 16.7. The Morgan fingerprint density at radius 2 is 2.00 bits per heavy atom. The van der Waals surface area contributed by atoms with Crippen molar-refractivity contribution in [1.29, 1.82) is 0 Å². The number of nitrogens with one attached hydrogen (secondary N) is 1. The molecule has 2 N–H and O–H groups in total. The molecule has 0 spiro atoms. The van der Waals surface area contributed by atoms with Gasteiger partial charge in [-0.3, -0.25) is 0 Å². The predicted molar refractivity (Wildman–Crippen MR) is 96.6 cm³/mol. The average molecular weight is 342 g/mol. The first kappa shape index (κ1) is 17.5. The van der Waals surface area contributed by atoms with Crippen LogP contribution in [0.15, 0.2) is 36.7 Å². The zero-order chi connectivity index (χ0) is 17.8. The zero-order valence-corrected chi connectivity index (χ0v) is 14.9. The third-order valence-electron chi connectivity index (χ3n) is 5.00. The summed E-state index contributed by atoms with van der Waals surface area (Å²) in [5, 5.41) is 12.3. The highest BCUT2D eigenvalue weighted by Gasteiger charge is 2.23. The molecule has 1 saturated heterocycles. The Balaban J connectivity index is 1.59. The van der Waals surface area contributed by atoms with Crippen molar-refractivity contribution in [1.82, 2.24) is 19.8 Å². The van der Waals surface area contributed by atoms with E-state index in [0.29, 0.717) is 19.0 Å². The molecule has 3 rings (SSSR count). The molecule has 1 aromatic heterocycles. The average Bonchev–Trinajstić information content (AvgIpc) is 3.07. The maximum Gasteiger partial charge on any atom is 0.317 e. The second kappa shape index (κ2) is 7.70. The fraction of sp³-hybridized carbons (Fsp3) is 0.474. The number of hydrogen-bond donors (Lipinski definition) is 2. The van der Waals surface area contributed by atoms with Gasteiger partial charge in [-0.1, -0.05) is 12.1 Å². The minimum Gasteiger partial charge on any atom is -0.396 e. The summed E-state index contributed by atoms with van der Waals surface area (Å²) in [6, 6.07) is 8.08. The lowest BCUT2D eigenvalue weighted by molar-refractivity contribution is 0.136. The van der Waals surface area contributed by atoms with Gasteiger partial charge in [0.1, 0.15) is 5.82 Å². The Bertz CT molecular complexity index is 702. The third kappa shape index (κ3) is 4.02. The molecule has 1 aromatic carbocycles. The standard InChI is InChI=1S/C19H26N4O2/c1-14(21-19(25)22-10-7-16(13-24)8-11-22)17-3-5-18(6-4-17)23-12-9-20-15(23)2/h3-6,9,12,14,16,24H,7-8,10-11,13H2,1-2H3,(H,21,25)/t14-/m1/s1. The van der Waals surface area contributed by atoms with Gasteiger partial charge < -0.3 is 19.9 Å². The molecule has 0 bridgehead atoms. The number of imidazole rings is 1. The Morgan fingerprint density at radius 3 is 2.56 bits per heavy atom. The number of urea groups is 1. The minimum atomic E-state index is -0.0546. The highest BCUT2D eigenvalue weighted by atomic mass is 16.3. The zero-order valence-electron chi connectivity index (χ0n) is 14.9. The van der Waals surface area contributed by atoms with Crippen molar-refractivity contribution in [2.45, 2.75) is 32.7 Å². The van der Waals surface area contributed by atoms with Gasteiger partial charge >= 0.3 is 6.03 Å². The number of aliphatic hydroxyl groups is 1. The number of rotatable bonds is 4. The summed E-state index contributed by atoms with van der Waals surface area (Å²) >= 11 is 0. The fourth-order valence-corrected chi connectivity index (χ4v) is 3.25. The first-order valence-corrected chi connectivity index (χ1v) is 8.85. The van der Waals surface area contributed by atoms with Crippen LogP contribution >= 0.6 is 0 Å². The number of carbonyl (C=O) groups is 1. The lowest BCUT2D eigenvalue weighted by atomic mass is 9.98. The van der Waals surface area contributed by atoms with Gasteiger partial charge in [-0.2, -0.15) is 0 Å². The lowest BCUT2D eigenvalue weighted by Gasteiger charge is -2.32. The van der Waals surface area contributed by atoms with Crippen molar-refractivity contribution in [3.63, 3.8) is 0 Å². The maximum absolute atomic E-state index is 12.4. The maximum atomic E-state index is 12.4. The molecular formula is C19H26N4O2. The molecule has 1 fully saturated rings. The van der Waals surface area contributed by atoms with Crippen LogP contribution in [-0.4, -0.2) is 45.3 Å². The van der Waals surface area contributed by atoms with Gasteiger partial charge in [0.15, 0.2) is 0 Å². The van der Waals surface area contributed by atoms with Crippen LogP contribution in [0.1, 0.15) is 37.2 Å². The van der Waals surface area contributed by atoms with Crippen LogP contribution in [0.5, 0.6) is 0 Å². The van der Waals surface area contributed by atoms with Gasteiger partial charge in [-0.05, 0) is 50.3 Å². The van der Waals surface area contributed by atoms with E-state index in [0.717, 1.165) is 29.9 Å². The predicted octanol–water partition coefficient (Wildman–Crippen LogP) is 2.66. The van der Waals surface area contributed by atoms with Crippen molar-refractivity contribution in [3.05, 3.63) is 48.0 Å². The summed E-state index contributed by atoms with van der Waals surface area (Å²) in [6.07, 6.45) is 5.46. The summed E-state index contributed by atoms with van der Waals surface area (Å²) in [6.45, 7) is 5.60. The number of piperidine rings is 1. The molecule has 2 heterocycles. The van der Waals surface area contributed by atoms with E-state index in [-0.39, 0.29) is 18.7 Å². The summed E-state index contributed by atoms with van der Waals surface area (Å²) < 4.78 is 2.03. The monoisotopic (exact) mass is 342 g/mol. The highest BCUT2D eigenvalue weighted by Crippen LogP contribution is 2.19. The Hall–Kier alpha value is -2.34. The number of likely N-dealkylation sites (tertiary alicyclic amines) is 1. The van der Waals surface area contributed by atoms with E-state index in [1.807, 2.05) is 53.8 Å². The van der Waals surface area contributed by atoms with E-state index < -0.39 is 0 Å². The van der Waals surface area contributed by atoms with Crippen LogP contribution in [-0.2, 0) is 0 Å². The van der Waals surface area contributed by atoms with E-state index >= 15 is 0 Å². The molecule has 0 radical (unpaired) electrons. The Kier molecular flexibility index (Phi) is 5.38. The fourth-order valence-electron chi connectivity index (χ4n) is 3.25. The topological polar surface area (TPSA) is 70.4 Å². The number of carbonyl (C=O) groups excluding carboxylic acids is 1. The number of benzene rings is 1. The molecule has 2 aromatic rings. The molecule has 6 nitrogen and oxygen atoms in total. The van der Waals surface area contributed by atoms with Crippen LogP contribution in [0, 0.1) is 12.8 Å². The summed E-state index contributed by atoms with van der Waals surface area (Å²) in [4.78, 5) is 18.5. The summed E-state index contributed by atoms with van der Waals surface area (Å²) in [7, 11) is 0. The number of aryl methyl sites for hydroxylation is 1. The summed E-state index contributed by atoms with van der Waals surface area (Å²) in [5.74, 6) is 1.28. The van der Waals surface area contributed by atoms with Crippen molar-refractivity contribution in [2.24, 2.45) is 5.92 Å². The van der Waals surface area contributed by atoms with Crippen LogP contribution in [0.4, 0.5) is 4.79 Å². The molecular weight excluding hydrogens is 316 g/mol. The number of nitrogens with zero attached hydrogens (tertiary/aromatic N) is 3. The first-order chi connectivity index (χ1) is 12.1. The molecule has 0 unspecified atom stereocenters. The molecule has 1 aliphatic heterocycles. The highest BCUT2D eigenvalue weighted by molar-refractivity contribution is 5.74. The van der Waals surface area contributed by atoms with Crippen LogP contribution in [0.25, 0.3) is 5.69 Å². The van der Waals surface area contributed by atoms with Crippen molar-refractivity contribution >= 4 is 6.03 Å².